The number of aromatic nitrogens is 2. The maximum Gasteiger partial charge on any atom is 0.344 e. The summed E-state index contributed by atoms with van der Waals surface area (Å²) >= 11 is 1.11. The van der Waals surface area contributed by atoms with Crippen LogP contribution in [0, 0.1) is 27.7 Å². The minimum Gasteiger partial charge on any atom is -0.458 e. The SMILES string of the molecule is CCC1(OSC)C(=O)OCc2c1cc1n(c2=O)Cc2c-1nc1cc(C)c(C)c(C)c1c2C. The number of fused-ring (bicyclic) bond motifs is 5. The van der Waals surface area contributed by atoms with Crippen molar-refractivity contribution in [2.24, 2.45) is 0 Å². The Morgan fingerprint density at radius 3 is 2.56 bits per heavy atom. The zero-order valence-corrected chi connectivity index (χ0v) is 20.0. The number of aryl methyl sites for hydroxylation is 3. The van der Waals surface area contributed by atoms with E-state index in [4.69, 9.17) is 13.9 Å². The van der Waals surface area contributed by atoms with Crippen LogP contribution in [0.25, 0.3) is 22.3 Å². The van der Waals surface area contributed by atoms with Crippen molar-refractivity contribution in [2.45, 2.75) is 59.8 Å². The molecule has 1 unspecified atom stereocenters. The molecule has 7 heteroatoms. The highest BCUT2D eigenvalue weighted by Crippen LogP contribution is 2.43. The van der Waals surface area contributed by atoms with Crippen LogP contribution in [0.5, 0.6) is 0 Å². The lowest BCUT2D eigenvalue weighted by Crippen LogP contribution is -2.45. The molecule has 0 fully saturated rings. The van der Waals surface area contributed by atoms with Crippen LogP contribution in [0.4, 0.5) is 0 Å². The van der Waals surface area contributed by atoms with Crippen LogP contribution in [-0.4, -0.2) is 21.8 Å². The molecule has 0 saturated heterocycles. The van der Waals surface area contributed by atoms with Gasteiger partial charge < -0.3 is 9.30 Å². The Labute approximate surface area is 191 Å². The summed E-state index contributed by atoms with van der Waals surface area (Å²) in [4.78, 5) is 31.4. The predicted octanol–water partition coefficient (Wildman–Crippen LogP) is 4.62. The summed E-state index contributed by atoms with van der Waals surface area (Å²) in [7, 11) is 0. The first-order chi connectivity index (χ1) is 15.2. The topological polar surface area (TPSA) is 70.4 Å². The molecule has 0 radical (unpaired) electrons. The summed E-state index contributed by atoms with van der Waals surface area (Å²) in [5, 5.41) is 1.16. The normalized spacial score (nSPS) is 19.0. The molecule has 32 heavy (non-hydrogen) atoms. The van der Waals surface area contributed by atoms with Gasteiger partial charge in [0.1, 0.15) is 6.61 Å². The van der Waals surface area contributed by atoms with E-state index in [-0.39, 0.29) is 12.2 Å². The smallest absolute Gasteiger partial charge is 0.344 e. The fourth-order valence-electron chi connectivity index (χ4n) is 5.22. The number of hydrogen-bond acceptors (Lipinski definition) is 6. The highest BCUT2D eigenvalue weighted by molar-refractivity contribution is 7.94. The summed E-state index contributed by atoms with van der Waals surface area (Å²) in [5.74, 6) is -0.450. The molecule has 1 atom stereocenters. The zero-order chi connectivity index (χ0) is 22.9. The maximum absolute atomic E-state index is 13.5. The van der Waals surface area contributed by atoms with Crippen molar-refractivity contribution in [1.29, 1.82) is 0 Å². The van der Waals surface area contributed by atoms with E-state index in [0.717, 1.165) is 45.5 Å². The molecular weight excluding hydrogens is 424 g/mol. The van der Waals surface area contributed by atoms with Crippen LogP contribution in [0.1, 0.15) is 52.3 Å². The molecule has 2 aromatic heterocycles. The molecule has 4 heterocycles. The van der Waals surface area contributed by atoms with Gasteiger partial charge in [-0.15, -0.1) is 0 Å². The van der Waals surface area contributed by atoms with E-state index in [1.165, 1.54) is 16.7 Å². The number of cyclic esters (lactones) is 1. The number of rotatable bonds is 3. The third kappa shape index (κ3) is 2.61. The number of carbonyl (C=O) groups is 1. The Morgan fingerprint density at radius 2 is 1.88 bits per heavy atom. The van der Waals surface area contributed by atoms with Crippen LogP contribution in [0.2, 0.25) is 0 Å². The predicted molar refractivity (Wildman–Crippen MR) is 126 cm³/mol. The fourth-order valence-corrected chi connectivity index (χ4v) is 5.78. The summed E-state index contributed by atoms with van der Waals surface area (Å²) < 4.78 is 13.0. The minimum absolute atomic E-state index is 0.0327. The van der Waals surface area contributed by atoms with Gasteiger partial charge in [-0.2, -0.15) is 0 Å². The minimum atomic E-state index is -1.29. The molecule has 0 spiro atoms. The quantitative estimate of drug-likeness (QED) is 0.335. The van der Waals surface area contributed by atoms with Gasteiger partial charge in [-0.3, -0.25) is 8.98 Å². The Bertz CT molecular complexity index is 1390. The molecular formula is C25H26N2O4S. The number of hydrogen-bond donors (Lipinski definition) is 0. The van der Waals surface area contributed by atoms with Gasteiger partial charge in [0, 0.05) is 22.8 Å². The molecule has 0 saturated carbocycles. The molecule has 1 aromatic carbocycles. The first-order valence-electron chi connectivity index (χ1n) is 10.8. The largest absolute Gasteiger partial charge is 0.458 e. The van der Waals surface area contributed by atoms with Crippen molar-refractivity contribution in [3.05, 3.63) is 61.4 Å². The summed E-state index contributed by atoms with van der Waals surface area (Å²) in [6.45, 7) is 10.8. The second kappa shape index (κ2) is 7.18. The summed E-state index contributed by atoms with van der Waals surface area (Å²) in [6.07, 6.45) is 2.13. The first-order valence-corrected chi connectivity index (χ1v) is 12.0. The Kier molecular flexibility index (Phi) is 4.76. The van der Waals surface area contributed by atoms with E-state index >= 15 is 0 Å². The molecule has 3 aromatic rings. The number of nitrogens with zero attached hydrogens (tertiary/aromatic N) is 2. The van der Waals surface area contributed by atoms with Crippen molar-refractivity contribution in [2.75, 3.05) is 6.26 Å². The van der Waals surface area contributed by atoms with Crippen LogP contribution in [-0.2, 0) is 32.5 Å². The number of benzene rings is 1. The van der Waals surface area contributed by atoms with E-state index in [1.807, 2.05) is 13.0 Å². The van der Waals surface area contributed by atoms with Crippen LogP contribution >= 0.6 is 12.0 Å². The maximum atomic E-state index is 13.5. The number of pyridine rings is 2. The molecule has 2 aliphatic heterocycles. The lowest BCUT2D eigenvalue weighted by atomic mass is 9.86. The Morgan fingerprint density at radius 1 is 1.12 bits per heavy atom. The fraction of sp³-hybridized carbons (Fsp3) is 0.400. The van der Waals surface area contributed by atoms with Crippen molar-refractivity contribution in [3.8, 4) is 11.4 Å². The van der Waals surface area contributed by atoms with Gasteiger partial charge in [-0.05, 0) is 80.5 Å². The molecule has 5 rings (SSSR count). The molecule has 6 nitrogen and oxygen atoms in total. The molecule has 166 valence electrons. The average Bonchev–Trinajstić information content (AvgIpc) is 3.14. The summed E-state index contributed by atoms with van der Waals surface area (Å²) in [6, 6.07) is 4.05. The van der Waals surface area contributed by atoms with Crippen molar-refractivity contribution in [1.82, 2.24) is 9.55 Å². The number of esters is 1. The van der Waals surface area contributed by atoms with Gasteiger partial charge >= 0.3 is 5.97 Å². The molecule has 0 N–H and O–H groups in total. The van der Waals surface area contributed by atoms with E-state index < -0.39 is 11.6 Å². The van der Waals surface area contributed by atoms with E-state index in [2.05, 4.69) is 33.8 Å². The van der Waals surface area contributed by atoms with E-state index in [1.54, 1.807) is 10.8 Å². The third-order valence-corrected chi connectivity index (χ3v) is 7.73. The summed E-state index contributed by atoms with van der Waals surface area (Å²) in [5.41, 5.74) is 8.05. The number of carbonyl (C=O) groups excluding carboxylic acids is 1. The monoisotopic (exact) mass is 450 g/mol. The van der Waals surface area contributed by atoms with Crippen molar-refractivity contribution < 1.29 is 13.7 Å². The zero-order valence-electron chi connectivity index (χ0n) is 19.2. The average molecular weight is 451 g/mol. The Hall–Kier alpha value is -2.64. The third-order valence-electron chi connectivity index (χ3n) is 7.28. The molecule has 0 bridgehead atoms. The lowest BCUT2D eigenvalue weighted by Gasteiger charge is -2.34. The second-order valence-electron chi connectivity index (χ2n) is 8.72. The highest BCUT2D eigenvalue weighted by atomic mass is 32.2. The van der Waals surface area contributed by atoms with Crippen LogP contribution < -0.4 is 5.56 Å². The van der Waals surface area contributed by atoms with E-state index in [0.29, 0.717) is 24.1 Å². The first kappa shape index (κ1) is 21.2. The molecule has 0 amide bonds. The standard InChI is InChI=1S/C25H26N2O4S/c1-7-25(31-32-6)18-9-20-22-16(10-27(20)23(28)17(18)11-30-24(25)29)15(5)21-14(4)13(3)12(2)8-19(21)26-22/h8-9H,7,10-11H2,1-6H3. The number of ether oxygens (including phenoxy) is 1. The molecule has 0 aliphatic carbocycles. The van der Waals surface area contributed by atoms with Gasteiger partial charge in [0.15, 0.2) is 0 Å². The van der Waals surface area contributed by atoms with E-state index in [9.17, 15) is 9.59 Å². The lowest BCUT2D eigenvalue weighted by molar-refractivity contribution is -0.167. The van der Waals surface area contributed by atoms with Crippen molar-refractivity contribution in [3.63, 3.8) is 0 Å². The van der Waals surface area contributed by atoms with Crippen LogP contribution in [0.3, 0.4) is 0 Å². The van der Waals surface area contributed by atoms with Gasteiger partial charge in [0.05, 0.1) is 29.0 Å². The Balaban J connectivity index is 1.83. The van der Waals surface area contributed by atoms with Gasteiger partial charge in [-0.1, -0.05) is 6.92 Å². The molecule has 2 aliphatic rings. The highest BCUT2D eigenvalue weighted by Gasteiger charge is 2.48. The van der Waals surface area contributed by atoms with Gasteiger partial charge in [-0.25, -0.2) is 9.78 Å². The second-order valence-corrected chi connectivity index (χ2v) is 9.22. The van der Waals surface area contributed by atoms with Gasteiger partial charge in [0.25, 0.3) is 5.56 Å². The van der Waals surface area contributed by atoms with Crippen LogP contribution in [0.15, 0.2) is 16.9 Å². The van der Waals surface area contributed by atoms with Gasteiger partial charge in [0.2, 0.25) is 5.60 Å². The van der Waals surface area contributed by atoms with Crippen molar-refractivity contribution >= 4 is 28.9 Å².